The largest absolute Gasteiger partial charge is 0.370 e. The number of nitrogens with zero attached hydrogens (tertiary/aromatic N) is 2. The molecule has 0 amide bonds. The third-order valence-electron chi connectivity index (χ3n) is 2.53. The Morgan fingerprint density at radius 3 is 2.63 bits per heavy atom. The van der Waals surface area contributed by atoms with Crippen LogP contribution < -0.4 is 5.73 Å². The quantitative estimate of drug-likeness (QED) is 0.918. The number of aromatic nitrogens is 2. The number of rotatable bonds is 5. The molecule has 2 rings (SSSR count). The molecule has 0 bridgehead atoms. The van der Waals surface area contributed by atoms with Crippen LogP contribution in [0.15, 0.2) is 28.8 Å². The molecule has 0 spiro atoms. The summed E-state index contributed by atoms with van der Waals surface area (Å²) in [5.41, 5.74) is 6.59. The molecule has 0 radical (unpaired) electrons. The zero-order chi connectivity index (χ0) is 13.0. The summed E-state index contributed by atoms with van der Waals surface area (Å²) < 4.78 is 10.2. The van der Waals surface area contributed by atoms with E-state index in [4.69, 9.17) is 26.6 Å². The minimum atomic E-state index is -0.350. The van der Waals surface area contributed by atoms with Crippen molar-refractivity contribution in [2.24, 2.45) is 5.73 Å². The highest BCUT2D eigenvalue weighted by Crippen LogP contribution is 2.15. The van der Waals surface area contributed by atoms with Crippen LogP contribution in [-0.2, 0) is 11.2 Å². The summed E-state index contributed by atoms with van der Waals surface area (Å²) in [6.07, 6.45) is 0.235. The van der Waals surface area contributed by atoms with Gasteiger partial charge in [-0.3, -0.25) is 0 Å². The van der Waals surface area contributed by atoms with Crippen LogP contribution in [0.25, 0.3) is 0 Å². The van der Waals surface area contributed by atoms with E-state index in [9.17, 15) is 0 Å². The van der Waals surface area contributed by atoms with Crippen LogP contribution in [0.4, 0.5) is 0 Å². The third kappa shape index (κ3) is 4.18. The Morgan fingerprint density at radius 1 is 1.37 bits per heavy atom. The maximum atomic E-state index is 5.82. The minimum Gasteiger partial charge on any atom is -0.370 e. The van der Waals surface area contributed by atoms with Gasteiger partial charge in [-0.1, -0.05) is 28.9 Å². The summed E-state index contributed by atoms with van der Waals surface area (Å²) in [7, 11) is 1.56. The molecule has 2 aromatic rings. The Balaban J connectivity index is 0.00000180. The number of ether oxygens (including phenoxy) is 1. The number of methoxy groups -OCH3 is 1. The van der Waals surface area contributed by atoms with Crippen LogP contribution in [0.2, 0.25) is 5.02 Å². The lowest BCUT2D eigenvalue weighted by atomic mass is 10.1. The van der Waals surface area contributed by atoms with E-state index in [0.29, 0.717) is 29.7 Å². The number of halogens is 2. The first kappa shape index (κ1) is 15.9. The molecule has 7 heteroatoms. The molecule has 2 N–H and O–H groups in total. The molecule has 1 aromatic carbocycles. The highest BCUT2D eigenvalue weighted by Gasteiger charge is 2.16. The normalized spacial score (nSPS) is 11.9. The van der Waals surface area contributed by atoms with Crippen molar-refractivity contribution in [3.63, 3.8) is 0 Å². The van der Waals surface area contributed by atoms with Crippen molar-refractivity contribution in [1.29, 1.82) is 0 Å². The fourth-order valence-corrected chi connectivity index (χ4v) is 1.68. The third-order valence-corrected chi connectivity index (χ3v) is 2.79. The predicted molar refractivity (Wildman–Crippen MR) is 74.6 cm³/mol. The van der Waals surface area contributed by atoms with E-state index in [1.165, 1.54) is 0 Å². The van der Waals surface area contributed by atoms with Crippen molar-refractivity contribution in [1.82, 2.24) is 10.1 Å². The fourth-order valence-electron chi connectivity index (χ4n) is 1.55. The van der Waals surface area contributed by atoms with E-state index in [1.807, 2.05) is 24.3 Å². The van der Waals surface area contributed by atoms with Gasteiger partial charge in [0.1, 0.15) is 6.10 Å². The minimum absolute atomic E-state index is 0. The van der Waals surface area contributed by atoms with E-state index >= 15 is 0 Å². The predicted octanol–water partition coefficient (Wildman–Crippen LogP) is 2.38. The highest BCUT2D eigenvalue weighted by molar-refractivity contribution is 6.30. The smallest absolute Gasteiger partial charge is 0.257 e. The van der Waals surface area contributed by atoms with Gasteiger partial charge in [-0.25, -0.2) is 0 Å². The van der Waals surface area contributed by atoms with E-state index in [0.717, 1.165) is 5.56 Å². The molecule has 0 aliphatic rings. The van der Waals surface area contributed by atoms with Gasteiger partial charge in [-0.15, -0.1) is 12.4 Å². The average molecular weight is 304 g/mol. The molecule has 0 saturated carbocycles. The molecule has 5 nitrogen and oxygen atoms in total. The van der Waals surface area contributed by atoms with Gasteiger partial charge in [0.25, 0.3) is 5.89 Å². The van der Waals surface area contributed by atoms with Crippen molar-refractivity contribution in [2.45, 2.75) is 12.5 Å². The van der Waals surface area contributed by atoms with Gasteiger partial charge in [0.2, 0.25) is 0 Å². The molecule has 1 heterocycles. The Labute approximate surface area is 122 Å². The molecule has 1 aromatic heterocycles. The summed E-state index contributed by atoms with van der Waals surface area (Å²) in [6.45, 7) is 0.305. The second kappa shape index (κ2) is 7.45. The van der Waals surface area contributed by atoms with Gasteiger partial charge in [0, 0.05) is 25.1 Å². The number of hydrogen-bond acceptors (Lipinski definition) is 5. The van der Waals surface area contributed by atoms with Gasteiger partial charge >= 0.3 is 0 Å². The Morgan fingerprint density at radius 2 is 2.05 bits per heavy atom. The lowest BCUT2D eigenvalue weighted by molar-refractivity contribution is 0.0804. The SMILES string of the molecule is COC(CN)c1nc(Cc2ccc(Cl)cc2)no1.Cl. The molecule has 1 atom stereocenters. The van der Waals surface area contributed by atoms with E-state index in [1.54, 1.807) is 7.11 Å². The summed E-state index contributed by atoms with van der Waals surface area (Å²) >= 11 is 5.82. The summed E-state index contributed by atoms with van der Waals surface area (Å²) in [5, 5.41) is 4.60. The molecular formula is C12H15Cl2N3O2. The number of nitrogens with two attached hydrogens (primary N) is 1. The number of hydrogen-bond donors (Lipinski definition) is 1. The first-order valence-corrected chi connectivity index (χ1v) is 5.90. The summed E-state index contributed by atoms with van der Waals surface area (Å²) in [4.78, 5) is 4.25. The van der Waals surface area contributed by atoms with Crippen LogP contribution in [-0.4, -0.2) is 23.8 Å². The molecule has 19 heavy (non-hydrogen) atoms. The molecule has 0 saturated heterocycles. The van der Waals surface area contributed by atoms with Gasteiger partial charge in [0.15, 0.2) is 5.82 Å². The van der Waals surface area contributed by atoms with Gasteiger partial charge < -0.3 is 15.0 Å². The second-order valence-electron chi connectivity index (χ2n) is 3.81. The fraction of sp³-hybridized carbons (Fsp3) is 0.333. The van der Waals surface area contributed by atoms with Gasteiger partial charge in [-0.2, -0.15) is 4.98 Å². The van der Waals surface area contributed by atoms with E-state index < -0.39 is 0 Å². The van der Waals surface area contributed by atoms with Crippen molar-refractivity contribution in [3.05, 3.63) is 46.6 Å². The second-order valence-corrected chi connectivity index (χ2v) is 4.25. The molecule has 104 valence electrons. The average Bonchev–Trinajstić information content (AvgIpc) is 2.82. The van der Waals surface area contributed by atoms with Crippen LogP contribution in [0, 0.1) is 0 Å². The van der Waals surface area contributed by atoms with Crippen molar-refractivity contribution < 1.29 is 9.26 Å². The lowest BCUT2D eigenvalue weighted by Gasteiger charge is -2.05. The zero-order valence-corrected chi connectivity index (χ0v) is 11.9. The van der Waals surface area contributed by atoms with Crippen molar-refractivity contribution in [2.75, 3.05) is 13.7 Å². The molecule has 0 fully saturated rings. The topological polar surface area (TPSA) is 74.2 Å². The van der Waals surface area contributed by atoms with E-state index in [-0.39, 0.29) is 18.5 Å². The van der Waals surface area contributed by atoms with Crippen molar-refractivity contribution >= 4 is 24.0 Å². The lowest BCUT2D eigenvalue weighted by Crippen LogP contribution is -2.14. The maximum Gasteiger partial charge on any atom is 0.257 e. The Bertz CT molecular complexity index is 498. The zero-order valence-electron chi connectivity index (χ0n) is 10.4. The highest BCUT2D eigenvalue weighted by atomic mass is 35.5. The molecular weight excluding hydrogens is 289 g/mol. The van der Waals surface area contributed by atoms with Crippen LogP contribution in [0.1, 0.15) is 23.4 Å². The molecule has 0 aliphatic heterocycles. The Hall–Kier alpha value is -1.14. The first-order valence-electron chi connectivity index (χ1n) is 5.52. The molecule has 1 unspecified atom stereocenters. The first-order chi connectivity index (χ1) is 8.72. The molecule has 0 aliphatic carbocycles. The monoisotopic (exact) mass is 303 g/mol. The van der Waals surface area contributed by atoms with Crippen LogP contribution in [0.5, 0.6) is 0 Å². The van der Waals surface area contributed by atoms with Gasteiger partial charge in [-0.05, 0) is 17.7 Å². The summed E-state index contributed by atoms with van der Waals surface area (Å²) in [6, 6.07) is 7.51. The van der Waals surface area contributed by atoms with Crippen molar-refractivity contribution in [3.8, 4) is 0 Å². The number of benzene rings is 1. The maximum absolute atomic E-state index is 5.82. The van der Waals surface area contributed by atoms with E-state index in [2.05, 4.69) is 10.1 Å². The van der Waals surface area contributed by atoms with Gasteiger partial charge in [0.05, 0.1) is 0 Å². The Kier molecular flexibility index (Phi) is 6.24. The van der Waals surface area contributed by atoms with Crippen LogP contribution in [0.3, 0.4) is 0 Å². The van der Waals surface area contributed by atoms with Crippen LogP contribution >= 0.6 is 24.0 Å². The standard InChI is InChI=1S/C12H14ClN3O2.ClH/c1-17-10(7-14)12-15-11(16-18-12)6-8-2-4-9(13)5-3-8;/h2-5,10H,6-7,14H2,1H3;1H. The summed E-state index contributed by atoms with van der Waals surface area (Å²) in [5.74, 6) is 1.01.